The van der Waals surface area contributed by atoms with Gasteiger partial charge in [-0.05, 0) is 44.0 Å². The van der Waals surface area contributed by atoms with Gasteiger partial charge < -0.3 is 20.1 Å². The fourth-order valence-electron chi connectivity index (χ4n) is 2.38. The fraction of sp³-hybridized carbons (Fsp3) is 0.562. The van der Waals surface area contributed by atoms with E-state index in [-0.39, 0.29) is 11.9 Å². The maximum Gasteiger partial charge on any atom is 0.241 e. The minimum Gasteiger partial charge on any atom is -0.489 e. The summed E-state index contributed by atoms with van der Waals surface area (Å²) in [6.45, 7) is 3.89. The van der Waals surface area contributed by atoms with Crippen LogP contribution < -0.4 is 15.4 Å². The molecule has 1 unspecified atom stereocenters. The van der Waals surface area contributed by atoms with Crippen LogP contribution in [0.5, 0.6) is 5.75 Å². The van der Waals surface area contributed by atoms with Crippen LogP contribution in [0.4, 0.5) is 5.69 Å². The molecule has 2 rings (SSSR count). The molecule has 0 saturated carbocycles. The third kappa shape index (κ3) is 4.72. The Bertz CT molecular complexity index is 471. The zero-order chi connectivity index (χ0) is 15.1. The Balaban J connectivity index is 2.01. The SMILES string of the molecule is COCCOc1cc(C)ccc1NC(=O)C1CCCCN1. The Morgan fingerprint density at radius 1 is 1.38 bits per heavy atom. The highest BCUT2D eigenvalue weighted by atomic mass is 16.5. The number of aryl methyl sites for hydroxylation is 1. The first-order chi connectivity index (χ1) is 10.2. The molecule has 1 saturated heterocycles. The zero-order valence-electron chi connectivity index (χ0n) is 12.8. The van der Waals surface area contributed by atoms with Crippen LogP contribution in [-0.4, -0.2) is 38.8 Å². The average molecular weight is 292 g/mol. The number of hydrogen-bond acceptors (Lipinski definition) is 4. The van der Waals surface area contributed by atoms with E-state index in [1.54, 1.807) is 7.11 Å². The molecule has 1 fully saturated rings. The lowest BCUT2D eigenvalue weighted by atomic mass is 10.0. The van der Waals surface area contributed by atoms with E-state index >= 15 is 0 Å². The van der Waals surface area contributed by atoms with E-state index in [2.05, 4.69) is 10.6 Å². The number of piperidine rings is 1. The van der Waals surface area contributed by atoms with Crippen molar-refractivity contribution in [2.75, 3.05) is 32.2 Å². The van der Waals surface area contributed by atoms with Crippen LogP contribution in [0.2, 0.25) is 0 Å². The Labute approximate surface area is 126 Å². The van der Waals surface area contributed by atoms with Gasteiger partial charge in [0.1, 0.15) is 12.4 Å². The lowest BCUT2D eigenvalue weighted by molar-refractivity contribution is -0.118. The van der Waals surface area contributed by atoms with Crippen molar-refractivity contribution < 1.29 is 14.3 Å². The first kappa shape index (κ1) is 15.8. The number of rotatable bonds is 6. The molecule has 1 aliphatic heterocycles. The number of methoxy groups -OCH3 is 1. The Morgan fingerprint density at radius 2 is 2.24 bits per heavy atom. The van der Waals surface area contributed by atoms with E-state index in [0.717, 1.165) is 31.4 Å². The molecule has 1 atom stereocenters. The number of hydrogen-bond donors (Lipinski definition) is 2. The number of amides is 1. The summed E-state index contributed by atoms with van der Waals surface area (Å²) in [4.78, 5) is 12.3. The molecule has 0 spiro atoms. The molecule has 5 nitrogen and oxygen atoms in total. The van der Waals surface area contributed by atoms with E-state index in [9.17, 15) is 4.79 Å². The Hall–Kier alpha value is -1.59. The highest BCUT2D eigenvalue weighted by molar-refractivity contribution is 5.96. The van der Waals surface area contributed by atoms with Crippen molar-refractivity contribution in [3.63, 3.8) is 0 Å². The van der Waals surface area contributed by atoms with Gasteiger partial charge >= 0.3 is 0 Å². The van der Waals surface area contributed by atoms with Crippen molar-refractivity contribution in [3.8, 4) is 5.75 Å². The summed E-state index contributed by atoms with van der Waals surface area (Å²) in [6, 6.07) is 5.68. The molecular formula is C16H24N2O3. The van der Waals surface area contributed by atoms with E-state index in [4.69, 9.17) is 9.47 Å². The second kappa shape index (κ2) is 8.00. The molecule has 0 bridgehead atoms. The molecule has 5 heteroatoms. The summed E-state index contributed by atoms with van der Waals surface area (Å²) in [6.07, 6.45) is 3.12. The van der Waals surface area contributed by atoms with Crippen LogP contribution in [0, 0.1) is 6.92 Å². The highest BCUT2D eigenvalue weighted by Crippen LogP contribution is 2.26. The van der Waals surface area contributed by atoms with Gasteiger partial charge in [0, 0.05) is 7.11 Å². The van der Waals surface area contributed by atoms with Crippen molar-refractivity contribution in [1.82, 2.24) is 5.32 Å². The van der Waals surface area contributed by atoms with Crippen LogP contribution in [-0.2, 0) is 9.53 Å². The van der Waals surface area contributed by atoms with Crippen LogP contribution in [0.1, 0.15) is 24.8 Å². The smallest absolute Gasteiger partial charge is 0.241 e. The monoisotopic (exact) mass is 292 g/mol. The van der Waals surface area contributed by atoms with Gasteiger partial charge in [-0.15, -0.1) is 0 Å². The number of carbonyl (C=O) groups is 1. The second-order valence-corrected chi connectivity index (χ2v) is 5.33. The average Bonchev–Trinajstić information content (AvgIpc) is 2.51. The van der Waals surface area contributed by atoms with Gasteiger partial charge in [0.05, 0.1) is 18.3 Å². The number of carbonyl (C=O) groups excluding carboxylic acids is 1. The number of ether oxygens (including phenoxy) is 2. The van der Waals surface area contributed by atoms with E-state index in [0.29, 0.717) is 24.7 Å². The summed E-state index contributed by atoms with van der Waals surface area (Å²) < 4.78 is 10.7. The van der Waals surface area contributed by atoms with Gasteiger partial charge in [-0.25, -0.2) is 0 Å². The minimum absolute atomic E-state index is 0.00939. The first-order valence-corrected chi connectivity index (χ1v) is 7.47. The summed E-state index contributed by atoms with van der Waals surface area (Å²) in [5, 5.41) is 6.22. The number of benzene rings is 1. The molecule has 1 aliphatic rings. The fourth-order valence-corrected chi connectivity index (χ4v) is 2.38. The van der Waals surface area contributed by atoms with Crippen molar-refractivity contribution >= 4 is 11.6 Å². The maximum absolute atomic E-state index is 12.3. The summed E-state index contributed by atoms with van der Waals surface area (Å²) in [5.41, 5.74) is 1.81. The van der Waals surface area contributed by atoms with E-state index < -0.39 is 0 Å². The molecular weight excluding hydrogens is 268 g/mol. The van der Waals surface area contributed by atoms with Gasteiger partial charge in [0.25, 0.3) is 0 Å². The van der Waals surface area contributed by atoms with Crippen molar-refractivity contribution in [3.05, 3.63) is 23.8 Å². The third-order valence-electron chi connectivity index (χ3n) is 3.57. The minimum atomic E-state index is -0.105. The van der Waals surface area contributed by atoms with Gasteiger partial charge in [0.15, 0.2) is 0 Å². The second-order valence-electron chi connectivity index (χ2n) is 5.33. The molecule has 1 heterocycles. The largest absolute Gasteiger partial charge is 0.489 e. The molecule has 0 aliphatic carbocycles. The summed E-state index contributed by atoms with van der Waals surface area (Å²) >= 11 is 0. The molecule has 1 amide bonds. The van der Waals surface area contributed by atoms with Crippen LogP contribution in [0.3, 0.4) is 0 Å². The van der Waals surface area contributed by atoms with Crippen LogP contribution >= 0.6 is 0 Å². The van der Waals surface area contributed by atoms with E-state index in [1.807, 2.05) is 25.1 Å². The molecule has 0 radical (unpaired) electrons. The predicted octanol–water partition coefficient (Wildman–Crippen LogP) is 2.10. The molecule has 1 aromatic rings. The number of nitrogens with one attached hydrogen (secondary N) is 2. The maximum atomic E-state index is 12.3. The van der Waals surface area contributed by atoms with Gasteiger partial charge in [-0.2, -0.15) is 0 Å². The molecule has 0 aromatic heterocycles. The Kier molecular flexibility index (Phi) is 6.02. The first-order valence-electron chi connectivity index (χ1n) is 7.47. The third-order valence-corrected chi connectivity index (χ3v) is 3.57. The number of anilines is 1. The molecule has 2 N–H and O–H groups in total. The standard InChI is InChI=1S/C16H24N2O3/c1-12-6-7-13(15(11-12)21-10-9-20-2)18-16(19)14-5-3-4-8-17-14/h6-7,11,14,17H,3-5,8-10H2,1-2H3,(H,18,19). The van der Waals surface area contributed by atoms with Crippen molar-refractivity contribution in [2.45, 2.75) is 32.2 Å². The van der Waals surface area contributed by atoms with Gasteiger partial charge in [-0.1, -0.05) is 12.5 Å². The van der Waals surface area contributed by atoms with Crippen molar-refractivity contribution in [2.24, 2.45) is 0 Å². The topological polar surface area (TPSA) is 59.6 Å². The van der Waals surface area contributed by atoms with Crippen LogP contribution in [0.15, 0.2) is 18.2 Å². The molecule has 21 heavy (non-hydrogen) atoms. The lowest BCUT2D eigenvalue weighted by Gasteiger charge is -2.23. The van der Waals surface area contributed by atoms with Gasteiger partial charge in [-0.3, -0.25) is 4.79 Å². The normalized spacial score (nSPS) is 18.3. The predicted molar refractivity (Wildman–Crippen MR) is 82.8 cm³/mol. The van der Waals surface area contributed by atoms with E-state index in [1.165, 1.54) is 0 Å². The molecule has 1 aromatic carbocycles. The highest BCUT2D eigenvalue weighted by Gasteiger charge is 2.21. The van der Waals surface area contributed by atoms with Crippen LogP contribution in [0.25, 0.3) is 0 Å². The molecule has 116 valence electrons. The Morgan fingerprint density at radius 3 is 2.95 bits per heavy atom. The van der Waals surface area contributed by atoms with Gasteiger partial charge in [0.2, 0.25) is 5.91 Å². The zero-order valence-corrected chi connectivity index (χ0v) is 12.8. The lowest BCUT2D eigenvalue weighted by Crippen LogP contribution is -2.43. The quantitative estimate of drug-likeness (QED) is 0.788. The summed E-state index contributed by atoms with van der Waals surface area (Å²) in [7, 11) is 1.64. The summed E-state index contributed by atoms with van der Waals surface area (Å²) in [5.74, 6) is 0.700. The van der Waals surface area contributed by atoms with Crippen molar-refractivity contribution in [1.29, 1.82) is 0 Å².